The van der Waals surface area contributed by atoms with Gasteiger partial charge >= 0.3 is 0 Å². The molecule has 0 spiro atoms. The minimum Gasteiger partial charge on any atom is -0.383 e. The van der Waals surface area contributed by atoms with E-state index in [1.165, 1.54) is 13.1 Å². The van der Waals surface area contributed by atoms with Crippen LogP contribution in [0.5, 0.6) is 0 Å². The van der Waals surface area contributed by atoms with Crippen LogP contribution in [0.15, 0.2) is 12.8 Å². The van der Waals surface area contributed by atoms with E-state index in [1.807, 2.05) is 0 Å². The van der Waals surface area contributed by atoms with Crippen molar-refractivity contribution in [1.82, 2.24) is 10.6 Å². The molecule has 0 saturated carbocycles. The summed E-state index contributed by atoms with van der Waals surface area (Å²) in [6.45, 7) is 5.51. The lowest BCUT2D eigenvalue weighted by molar-refractivity contribution is -0.120. The fourth-order valence-electron chi connectivity index (χ4n) is 0.605. The van der Waals surface area contributed by atoms with Crippen molar-refractivity contribution in [1.29, 1.82) is 0 Å². The second-order valence-corrected chi connectivity index (χ2v) is 2.39. The van der Waals surface area contributed by atoms with Crippen LogP contribution in [-0.4, -0.2) is 24.8 Å². The van der Waals surface area contributed by atoms with Gasteiger partial charge in [-0.3, -0.25) is 9.59 Å². The summed E-state index contributed by atoms with van der Waals surface area (Å²) in [5.74, 6) is -0.0527. The lowest BCUT2D eigenvalue weighted by Crippen LogP contribution is -2.32. The van der Waals surface area contributed by atoms with E-state index in [1.54, 1.807) is 0 Å². The van der Waals surface area contributed by atoms with Crippen LogP contribution in [0, 0.1) is 0 Å². The van der Waals surface area contributed by atoms with Crippen molar-refractivity contribution in [3.8, 4) is 0 Å². The Morgan fingerprint density at radius 3 is 2.67 bits per heavy atom. The lowest BCUT2D eigenvalue weighted by atomic mass is 10.3. The molecule has 0 radical (unpaired) electrons. The van der Waals surface area contributed by atoms with Crippen LogP contribution < -0.4 is 10.6 Å². The molecule has 0 atom stereocenters. The third-order valence-electron chi connectivity index (χ3n) is 1.21. The van der Waals surface area contributed by atoms with Gasteiger partial charge in [0.15, 0.2) is 0 Å². The molecular weight excluding hydrogens is 156 g/mol. The van der Waals surface area contributed by atoms with Crippen LogP contribution in [0.2, 0.25) is 0 Å². The number of hydrogen-bond acceptors (Lipinski definition) is 3. The first-order valence-corrected chi connectivity index (χ1v) is 3.77. The number of rotatable bonds is 6. The predicted octanol–water partition coefficient (Wildman–Crippen LogP) is -0.185. The Balaban J connectivity index is 3.31. The molecule has 0 bridgehead atoms. The zero-order chi connectivity index (χ0) is 9.40. The summed E-state index contributed by atoms with van der Waals surface area (Å²) in [5.41, 5.74) is 0. The van der Waals surface area contributed by atoms with Gasteiger partial charge in [0.25, 0.3) is 0 Å². The van der Waals surface area contributed by atoms with Gasteiger partial charge in [0.1, 0.15) is 5.78 Å². The molecule has 0 aromatic heterocycles. The maximum Gasteiger partial charge on any atom is 0.239 e. The fourth-order valence-corrected chi connectivity index (χ4v) is 0.605. The second kappa shape index (κ2) is 6.39. The quantitative estimate of drug-likeness (QED) is 0.581. The van der Waals surface area contributed by atoms with E-state index in [0.717, 1.165) is 0 Å². The summed E-state index contributed by atoms with van der Waals surface area (Å²) in [4.78, 5) is 21.3. The zero-order valence-corrected chi connectivity index (χ0v) is 7.22. The third kappa shape index (κ3) is 6.80. The van der Waals surface area contributed by atoms with Crippen LogP contribution in [0.1, 0.15) is 13.3 Å². The Labute approximate surface area is 72.0 Å². The Hall–Kier alpha value is -1.32. The Morgan fingerprint density at radius 1 is 1.50 bits per heavy atom. The first-order valence-electron chi connectivity index (χ1n) is 3.77. The van der Waals surface area contributed by atoms with Gasteiger partial charge in [-0.2, -0.15) is 0 Å². The molecule has 0 aliphatic heterocycles. The molecule has 0 aromatic rings. The first-order chi connectivity index (χ1) is 5.66. The average Bonchev–Trinajstić information content (AvgIpc) is 2.00. The molecule has 0 aromatic carbocycles. The largest absolute Gasteiger partial charge is 0.383 e. The van der Waals surface area contributed by atoms with Crippen LogP contribution in [0.3, 0.4) is 0 Å². The van der Waals surface area contributed by atoms with E-state index in [-0.39, 0.29) is 18.2 Å². The highest BCUT2D eigenvalue weighted by atomic mass is 16.2. The van der Waals surface area contributed by atoms with Gasteiger partial charge in [0, 0.05) is 13.0 Å². The number of nitrogens with one attached hydrogen (secondary N) is 2. The smallest absolute Gasteiger partial charge is 0.239 e. The summed E-state index contributed by atoms with van der Waals surface area (Å²) in [6, 6.07) is 0. The monoisotopic (exact) mass is 170 g/mol. The van der Waals surface area contributed by atoms with Gasteiger partial charge in [-0.25, -0.2) is 0 Å². The van der Waals surface area contributed by atoms with Crippen LogP contribution in [0.25, 0.3) is 0 Å². The van der Waals surface area contributed by atoms with Crippen LogP contribution >= 0.6 is 0 Å². The van der Waals surface area contributed by atoms with Crippen LogP contribution in [0.4, 0.5) is 0 Å². The third-order valence-corrected chi connectivity index (χ3v) is 1.21. The maximum atomic E-state index is 10.9. The minimum atomic E-state index is -0.129. The number of ketones is 1. The SMILES string of the molecule is C=CNCC(=O)NCCC(C)=O. The van der Waals surface area contributed by atoms with Crippen molar-refractivity contribution < 1.29 is 9.59 Å². The van der Waals surface area contributed by atoms with E-state index >= 15 is 0 Å². The molecule has 68 valence electrons. The topological polar surface area (TPSA) is 58.2 Å². The van der Waals surface area contributed by atoms with Crippen molar-refractivity contribution in [2.24, 2.45) is 0 Å². The fraction of sp³-hybridized carbons (Fsp3) is 0.500. The molecule has 0 saturated heterocycles. The molecule has 0 aliphatic rings. The van der Waals surface area contributed by atoms with Gasteiger partial charge in [-0.05, 0) is 13.1 Å². The number of carbonyl (C=O) groups excluding carboxylic acids is 2. The molecule has 0 rings (SSSR count). The Kier molecular flexibility index (Phi) is 5.69. The first kappa shape index (κ1) is 10.7. The predicted molar refractivity (Wildman–Crippen MR) is 46.5 cm³/mol. The molecule has 0 fully saturated rings. The molecule has 2 N–H and O–H groups in total. The summed E-state index contributed by atoms with van der Waals surface area (Å²) < 4.78 is 0. The molecule has 12 heavy (non-hydrogen) atoms. The van der Waals surface area contributed by atoms with Gasteiger partial charge in [0.2, 0.25) is 5.91 Å². The van der Waals surface area contributed by atoms with E-state index < -0.39 is 0 Å². The van der Waals surface area contributed by atoms with Crippen molar-refractivity contribution in [2.75, 3.05) is 13.1 Å². The number of hydrogen-bond donors (Lipinski definition) is 2. The highest BCUT2D eigenvalue weighted by Crippen LogP contribution is 1.77. The van der Waals surface area contributed by atoms with Crippen molar-refractivity contribution >= 4 is 11.7 Å². The van der Waals surface area contributed by atoms with E-state index in [4.69, 9.17) is 0 Å². The van der Waals surface area contributed by atoms with Gasteiger partial charge in [0.05, 0.1) is 6.54 Å². The summed E-state index contributed by atoms with van der Waals surface area (Å²) >= 11 is 0. The molecule has 0 heterocycles. The average molecular weight is 170 g/mol. The highest BCUT2D eigenvalue weighted by Gasteiger charge is 1.98. The maximum absolute atomic E-state index is 10.9. The zero-order valence-electron chi connectivity index (χ0n) is 7.22. The van der Waals surface area contributed by atoms with Crippen molar-refractivity contribution in [3.63, 3.8) is 0 Å². The Bertz CT molecular complexity index is 178. The van der Waals surface area contributed by atoms with Gasteiger partial charge in [-0.1, -0.05) is 6.58 Å². The molecular formula is C8H14N2O2. The van der Waals surface area contributed by atoms with Crippen molar-refractivity contribution in [2.45, 2.75) is 13.3 Å². The van der Waals surface area contributed by atoms with E-state index in [2.05, 4.69) is 17.2 Å². The van der Waals surface area contributed by atoms with E-state index in [9.17, 15) is 9.59 Å². The molecule has 4 nitrogen and oxygen atoms in total. The summed E-state index contributed by atoms with van der Waals surface area (Å²) in [5, 5.41) is 5.23. The molecule has 1 amide bonds. The van der Waals surface area contributed by atoms with Crippen molar-refractivity contribution in [3.05, 3.63) is 12.8 Å². The van der Waals surface area contributed by atoms with E-state index in [0.29, 0.717) is 13.0 Å². The number of amides is 1. The standard InChI is InChI=1S/C8H14N2O2/c1-3-9-6-8(12)10-5-4-7(2)11/h3,9H,1,4-6H2,2H3,(H,10,12). The summed E-state index contributed by atoms with van der Waals surface area (Å²) in [7, 11) is 0. The highest BCUT2D eigenvalue weighted by molar-refractivity contribution is 5.79. The molecule has 0 aliphatic carbocycles. The second-order valence-electron chi connectivity index (χ2n) is 2.39. The normalized spacial score (nSPS) is 8.75. The minimum absolute atomic E-state index is 0.0759. The number of Topliss-reactive ketones (excluding diaryl/α,β-unsaturated/α-hetero) is 1. The summed E-state index contributed by atoms with van der Waals surface area (Å²) in [6.07, 6.45) is 1.84. The Morgan fingerprint density at radius 2 is 2.17 bits per heavy atom. The molecule has 4 heteroatoms. The van der Waals surface area contributed by atoms with Crippen LogP contribution in [-0.2, 0) is 9.59 Å². The lowest BCUT2D eigenvalue weighted by Gasteiger charge is -2.02. The molecule has 0 unspecified atom stereocenters. The number of carbonyl (C=O) groups is 2. The van der Waals surface area contributed by atoms with Gasteiger partial charge < -0.3 is 10.6 Å². The van der Waals surface area contributed by atoms with Gasteiger partial charge in [-0.15, -0.1) is 0 Å².